The molecule has 0 saturated heterocycles. The van der Waals surface area contributed by atoms with Gasteiger partial charge in [-0.1, -0.05) is 166 Å². The Labute approximate surface area is 350 Å². The lowest BCUT2D eigenvalue weighted by Crippen LogP contribution is -2.16. The molecule has 0 spiro atoms. The molecule has 0 radical (unpaired) electrons. The standard InChI is InChI=1S/C57H41NS/c1-57(2)53-36-45(39-13-7-4-8-14-39)25-32-49(53)50-33-31-48(37-54(50)57)58(46-27-21-41(22-28-46)38-11-5-3-6-12-38)47-29-23-42(24-30-47)40-17-19-43(20-18-40)44-26-34-56-52(35-44)51-15-9-10-16-55(51)59-56/h3-37H,1-2H3. The van der Waals surface area contributed by atoms with Gasteiger partial charge in [0.1, 0.15) is 0 Å². The lowest BCUT2D eigenvalue weighted by molar-refractivity contribution is 0.660. The third-order valence-electron chi connectivity index (χ3n) is 12.3. The number of benzene rings is 9. The van der Waals surface area contributed by atoms with Gasteiger partial charge < -0.3 is 4.90 Å². The summed E-state index contributed by atoms with van der Waals surface area (Å²) in [6, 6.07) is 78.0. The summed E-state index contributed by atoms with van der Waals surface area (Å²) in [4.78, 5) is 2.40. The third kappa shape index (κ3) is 6.16. The van der Waals surface area contributed by atoms with E-state index in [2.05, 4.69) is 231 Å². The van der Waals surface area contributed by atoms with E-state index < -0.39 is 0 Å². The molecule has 0 bridgehead atoms. The SMILES string of the molecule is CC1(C)c2cc(-c3ccccc3)ccc2-c2ccc(N(c3ccc(-c4ccccc4)cc3)c3ccc(-c4ccc(-c5ccc6sc7ccccc7c6c5)cc4)cc3)cc21. The summed E-state index contributed by atoms with van der Waals surface area (Å²) < 4.78 is 2.67. The van der Waals surface area contributed by atoms with Crippen molar-refractivity contribution in [3.05, 3.63) is 223 Å². The zero-order valence-corrected chi connectivity index (χ0v) is 33.9. The van der Waals surface area contributed by atoms with E-state index in [0.717, 1.165) is 17.1 Å². The van der Waals surface area contributed by atoms with Crippen molar-refractivity contribution >= 4 is 48.6 Å². The molecule has 1 aliphatic rings. The Morgan fingerprint density at radius 3 is 1.36 bits per heavy atom. The molecule has 0 amide bonds. The second-order valence-electron chi connectivity index (χ2n) is 16.2. The molecule has 1 aromatic heterocycles. The van der Waals surface area contributed by atoms with E-state index in [9.17, 15) is 0 Å². The van der Waals surface area contributed by atoms with Crippen LogP contribution in [0.25, 0.3) is 75.8 Å². The van der Waals surface area contributed by atoms with Gasteiger partial charge in [0.05, 0.1) is 0 Å². The number of hydrogen-bond acceptors (Lipinski definition) is 2. The van der Waals surface area contributed by atoms with Gasteiger partial charge in [-0.2, -0.15) is 0 Å². The van der Waals surface area contributed by atoms with Crippen LogP contribution in [0.15, 0.2) is 212 Å². The first kappa shape index (κ1) is 35.2. The van der Waals surface area contributed by atoms with Gasteiger partial charge in [0.15, 0.2) is 0 Å². The first-order valence-corrected chi connectivity index (χ1v) is 21.2. The van der Waals surface area contributed by atoms with Crippen LogP contribution >= 0.6 is 11.3 Å². The maximum absolute atomic E-state index is 2.42. The summed E-state index contributed by atoms with van der Waals surface area (Å²) in [6.45, 7) is 4.75. The van der Waals surface area contributed by atoms with E-state index in [1.807, 2.05) is 11.3 Å². The van der Waals surface area contributed by atoms with E-state index in [0.29, 0.717) is 0 Å². The van der Waals surface area contributed by atoms with E-state index in [1.54, 1.807) is 0 Å². The van der Waals surface area contributed by atoms with Crippen molar-refractivity contribution in [2.75, 3.05) is 4.90 Å². The van der Waals surface area contributed by atoms with Gasteiger partial charge in [-0.25, -0.2) is 0 Å². The monoisotopic (exact) mass is 771 g/mol. The van der Waals surface area contributed by atoms with Gasteiger partial charge in [-0.15, -0.1) is 11.3 Å². The highest BCUT2D eigenvalue weighted by Gasteiger charge is 2.36. The van der Waals surface area contributed by atoms with Crippen LogP contribution in [0.5, 0.6) is 0 Å². The van der Waals surface area contributed by atoms with Crippen LogP contribution in [0.2, 0.25) is 0 Å². The minimum absolute atomic E-state index is 0.159. The minimum atomic E-state index is -0.159. The number of rotatable bonds is 7. The van der Waals surface area contributed by atoms with Crippen molar-refractivity contribution in [1.29, 1.82) is 0 Å². The largest absolute Gasteiger partial charge is 0.310 e. The highest BCUT2D eigenvalue weighted by atomic mass is 32.1. The Hall–Kier alpha value is -7.00. The Morgan fingerprint density at radius 1 is 0.322 bits per heavy atom. The average molecular weight is 772 g/mol. The highest BCUT2D eigenvalue weighted by molar-refractivity contribution is 7.25. The molecule has 0 fully saturated rings. The van der Waals surface area contributed by atoms with Crippen molar-refractivity contribution in [2.24, 2.45) is 0 Å². The van der Waals surface area contributed by atoms with Crippen molar-refractivity contribution in [2.45, 2.75) is 19.3 Å². The molecule has 0 N–H and O–H groups in total. The summed E-state index contributed by atoms with van der Waals surface area (Å²) in [5.74, 6) is 0. The highest BCUT2D eigenvalue weighted by Crippen LogP contribution is 2.52. The van der Waals surface area contributed by atoms with Gasteiger partial charge in [0.25, 0.3) is 0 Å². The first-order valence-electron chi connectivity index (χ1n) is 20.4. The maximum atomic E-state index is 2.42. The number of anilines is 3. The molecule has 0 atom stereocenters. The Balaban J connectivity index is 0.941. The van der Waals surface area contributed by atoms with Gasteiger partial charge in [0.2, 0.25) is 0 Å². The number of fused-ring (bicyclic) bond motifs is 6. The second kappa shape index (κ2) is 14.1. The first-order chi connectivity index (χ1) is 29.0. The van der Waals surface area contributed by atoms with Crippen LogP contribution in [0.1, 0.15) is 25.0 Å². The van der Waals surface area contributed by atoms with Crippen LogP contribution in [-0.2, 0) is 5.41 Å². The molecular weight excluding hydrogens is 731 g/mol. The molecule has 0 saturated carbocycles. The molecular formula is C57H41NS. The smallest absolute Gasteiger partial charge is 0.0465 e. The number of hydrogen-bond donors (Lipinski definition) is 0. The van der Waals surface area contributed by atoms with Crippen LogP contribution in [0.4, 0.5) is 17.1 Å². The van der Waals surface area contributed by atoms with E-state index >= 15 is 0 Å². The Kier molecular flexibility index (Phi) is 8.43. The second-order valence-corrected chi connectivity index (χ2v) is 17.2. The van der Waals surface area contributed by atoms with E-state index in [-0.39, 0.29) is 5.41 Å². The molecule has 2 heteroatoms. The molecule has 0 unspecified atom stereocenters. The van der Waals surface area contributed by atoms with Crippen LogP contribution in [-0.4, -0.2) is 0 Å². The fraction of sp³-hybridized carbons (Fsp3) is 0.0526. The van der Waals surface area contributed by atoms with Crippen molar-refractivity contribution in [3.63, 3.8) is 0 Å². The summed E-state index contributed by atoms with van der Waals surface area (Å²) in [5.41, 5.74) is 18.4. The van der Waals surface area contributed by atoms with Crippen molar-refractivity contribution in [3.8, 4) is 55.6 Å². The minimum Gasteiger partial charge on any atom is -0.310 e. The van der Waals surface area contributed by atoms with Gasteiger partial charge in [-0.3, -0.25) is 0 Å². The molecule has 1 heterocycles. The normalized spacial score (nSPS) is 12.7. The molecule has 0 aliphatic heterocycles. The zero-order chi connectivity index (χ0) is 39.5. The third-order valence-corrected chi connectivity index (χ3v) is 13.5. The predicted molar refractivity (Wildman–Crippen MR) is 253 cm³/mol. The van der Waals surface area contributed by atoms with Crippen LogP contribution < -0.4 is 4.90 Å². The molecule has 59 heavy (non-hydrogen) atoms. The zero-order valence-electron chi connectivity index (χ0n) is 33.1. The van der Waals surface area contributed by atoms with Gasteiger partial charge >= 0.3 is 0 Å². The van der Waals surface area contributed by atoms with Crippen LogP contribution in [0.3, 0.4) is 0 Å². The quantitative estimate of drug-likeness (QED) is 0.156. The summed E-state index contributed by atoms with van der Waals surface area (Å²) in [5, 5.41) is 2.66. The molecule has 9 aromatic carbocycles. The Morgan fingerprint density at radius 2 is 0.729 bits per heavy atom. The number of thiophene rings is 1. The fourth-order valence-corrected chi connectivity index (χ4v) is 10.2. The van der Waals surface area contributed by atoms with Gasteiger partial charge in [-0.05, 0) is 127 Å². The predicted octanol–water partition coefficient (Wildman–Crippen LogP) is 16.5. The van der Waals surface area contributed by atoms with Crippen LogP contribution in [0, 0.1) is 0 Å². The topological polar surface area (TPSA) is 3.24 Å². The van der Waals surface area contributed by atoms with E-state index in [4.69, 9.17) is 0 Å². The van der Waals surface area contributed by atoms with Crippen molar-refractivity contribution in [1.82, 2.24) is 0 Å². The average Bonchev–Trinajstić information content (AvgIpc) is 3.78. The summed E-state index contributed by atoms with van der Waals surface area (Å²) in [7, 11) is 0. The lowest BCUT2D eigenvalue weighted by Gasteiger charge is -2.28. The molecule has 1 aliphatic carbocycles. The number of nitrogens with zero attached hydrogens (tertiary/aromatic N) is 1. The summed E-state index contributed by atoms with van der Waals surface area (Å²) >= 11 is 1.86. The molecule has 280 valence electrons. The maximum Gasteiger partial charge on any atom is 0.0465 e. The molecule has 11 rings (SSSR count). The Bertz CT molecular complexity index is 3140. The summed E-state index contributed by atoms with van der Waals surface area (Å²) in [6.07, 6.45) is 0. The fourth-order valence-electron chi connectivity index (χ4n) is 9.12. The van der Waals surface area contributed by atoms with E-state index in [1.165, 1.54) is 86.9 Å². The van der Waals surface area contributed by atoms with Gasteiger partial charge in [0, 0.05) is 42.6 Å². The van der Waals surface area contributed by atoms with Crippen molar-refractivity contribution < 1.29 is 0 Å². The molecule has 10 aromatic rings. The lowest BCUT2D eigenvalue weighted by atomic mass is 9.81. The molecule has 1 nitrogen and oxygen atoms in total.